The van der Waals surface area contributed by atoms with Crippen molar-refractivity contribution in [2.75, 3.05) is 5.32 Å². The fourth-order valence-corrected chi connectivity index (χ4v) is 3.00. The molecule has 3 aromatic rings. The fourth-order valence-electron chi connectivity index (χ4n) is 2.74. The summed E-state index contributed by atoms with van der Waals surface area (Å²) in [6.07, 6.45) is 3.07. The molecule has 1 atom stereocenters. The predicted molar refractivity (Wildman–Crippen MR) is 110 cm³/mol. The van der Waals surface area contributed by atoms with E-state index >= 15 is 0 Å². The second kappa shape index (κ2) is 8.39. The summed E-state index contributed by atoms with van der Waals surface area (Å²) >= 11 is 3.44. The zero-order valence-corrected chi connectivity index (χ0v) is 17.5. The van der Waals surface area contributed by atoms with Crippen molar-refractivity contribution in [1.29, 1.82) is 0 Å². The van der Waals surface area contributed by atoms with Gasteiger partial charge >= 0.3 is 0 Å². The van der Waals surface area contributed by atoms with Gasteiger partial charge in [-0.1, -0.05) is 0 Å². The molecule has 0 aliphatic carbocycles. The summed E-state index contributed by atoms with van der Waals surface area (Å²) in [6.45, 7) is 5.38. The second-order valence-corrected chi connectivity index (χ2v) is 7.15. The number of ether oxygens (including phenoxy) is 1. The highest BCUT2D eigenvalue weighted by molar-refractivity contribution is 9.10. The molecule has 0 radical (unpaired) electrons. The zero-order valence-electron chi connectivity index (χ0n) is 15.9. The lowest BCUT2D eigenvalue weighted by atomic mass is 10.2. The minimum Gasteiger partial charge on any atom is -0.455 e. The number of pyridine rings is 1. The summed E-state index contributed by atoms with van der Waals surface area (Å²) in [6, 6.07) is 6.81. The number of amides is 1. The Morgan fingerprint density at radius 2 is 2.07 bits per heavy atom. The van der Waals surface area contributed by atoms with Crippen LogP contribution in [0.2, 0.25) is 0 Å². The van der Waals surface area contributed by atoms with Crippen LogP contribution < -0.4 is 10.1 Å². The molecule has 1 N–H and O–H groups in total. The standard InChI is InChI=1S/C19H18BrN5O4/c1-11-18(20)12(2)24(23-11)13(3)19(26)22-14-7-15(25(27)28)9-17(8-14)29-16-5-4-6-21-10-16/h4-10,13H,1-3H3,(H,22,26). The number of benzene rings is 1. The van der Waals surface area contributed by atoms with Crippen molar-refractivity contribution in [2.24, 2.45) is 0 Å². The average molecular weight is 460 g/mol. The van der Waals surface area contributed by atoms with E-state index in [0.29, 0.717) is 5.75 Å². The molecule has 0 saturated carbocycles. The Balaban J connectivity index is 1.86. The van der Waals surface area contributed by atoms with Crippen LogP contribution in [0, 0.1) is 24.0 Å². The number of anilines is 1. The van der Waals surface area contributed by atoms with E-state index in [1.807, 2.05) is 13.8 Å². The van der Waals surface area contributed by atoms with Crippen molar-refractivity contribution in [3.05, 3.63) is 68.7 Å². The van der Waals surface area contributed by atoms with Gasteiger partial charge in [0, 0.05) is 18.3 Å². The van der Waals surface area contributed by atoms with Crippen molar-refractivity contribution in [3.63, 3.8) is 0 Å². The molecule has 10 heteroatoms. The maximum atomic E-state index is 12.7. The summed E-state index contributed by atoms with van der Waals surface area (Å²) in [5, 5.41) is 18.4. The Hall–Kier alpha value is -3.27. The molecule has 0 aliphatic rings. The number of nitro groups is 1. The van der Waals surface area contributed by atoms with Crippen molar-refractivity contribution < 1.29 is 14.5 Å². The Bertz CT molecular complexity index is 1070. The van der Waals surface area contributed by atoms with E-state index in [4.69, 9.17) is 4.74 Å². The molecule has 29 heavy (non-hydrogen) atoms. The largest absolute Gasteiger partial charge is 0.455 e. The SMILES string of the molecule is Cc1nn(C(C)C(=O)Nc2cc(Oc3cccnc3)cc([N+](=O)[O-])c2)c(C)c1Br. The minimum atomic E-state index is -0.623. The van der Waals surface area contributed by atoms with Gasteiger partial charge < -0.3 is 10.1 Å². The third kappa shape index (κ3) is 4.60. The molecule has 0 fully saturated rings. The number of aryl methyl sites for hydroxylation is 1. The molecular formula is C19H18BrN5O4. The van der Waals surface area contributed by atoms with Crippen LogP contribution >= 0.6 is 15.9 Å². The van der Waals surface area contributed by atoms with Crippen molar-refractivity contribution in [2.45, 2.75) is 26.8 Å². The average Bonchev–Trinajstić information content (AvgIpc) is 2.95. The zero-order chi connectivity index (χ0) is 21.1. The van der Waals surface area contributed by atoms with Gasteiger partial charge in [0.25, 0.3) is 5.69 Å². The van der Waals surface area contributed by atoms with Crippen molar-refractivity contribution in [1.82, 2.24) is 14.8 Å². The third-order valence-electron chi connectivity index (χ3n) is 4.22. The van der Waals surface area contributed by atoms with Crippen LogP contribution in [0.5, 0.6) is 11.5 Å². The van der Waals surface area contributed by atoms with E-state index in [-0.39, 0.29) is 23.0 Å². The van der Waals surface area contributed by atoms with Crippen LogP contribution in [-0.4, -0.2) is 25.6 Å². The van der Waals surface area contributed by atoms with Crippen LogP contribution in [0.25, 0.3) is 0 Å². The van der Waals surface area contributed by atoms with Crippen LogP contribution in [0.1, 0.15) is 24.4 Å². The number of aromatic nitrogens is 3. The summed E-state index contributed by atoms with van der Waals surface area (Å²) in [5.74, 6) is 0.270. The number of nitrogens with one attached hydrogen (secondary N) is 1. The number of hydrogen-bond acceptors (Lipinski definition) is 6. The Morgan fingerprint density at radius 1 is 1.31 bits per heavy atom. The van der Waals surface area contributed by atoms with E-state index in [1.165, 1.54) is 24.4 Å². The van der Waals surface area contributed by atoms with E-state index < -0.39 is 11.0 Å². The number of non-ortho nitro benzene ring substituents is 1. The van der Waals surface area contributed by atoms with Gasteiger partial charge in [-0.05, 0) is 48.8 Å². The molecule has 2 heterocycles. The maximum Gasteiger partial charge on any atom is 0.275 e. The van der Waals surface area contributed by atoms with E-state index in [9.17, 15) is 14.9 Å². The summed E-state index contributed by atoms with van der Waals surface area (Å²) < 4.78 is 8.06. The topological polar surface area (TPSA) is 112 Å². The molecule has 0 aliphatic heterocycles. The highest BCUT2D eigenvalue weighted by Gasteiger charge is 2.21. The van der Waals surface area contributed by atoms with Gasteiger partial charge in [-0.3, -0.25) is 24.6 Å². The van der Waals surface area contributed by atoms with Gasteiger partial charge in [0.05, 0.1) is 38.7 Å². The van der Waals surface area contributed by atoms with E-state index in [0.717, 1.165) is 15.9 Å². The first-order valence-electron chi connectivity index (χ1n) is 8.65. The smallest absolute Gasteiger partial charge is 0.275 e. The third-order valence-corrected chi connectivity index (χ3v) is 5.37. The number of hydrogen-bond donors (Lipinski definition) is 1. The van der Waals surface area contributed by atoms with Crippen molar-refractivity contribution in [3.8, 4) is 11.5 Å². The molecule has 0 saturated heterocycles. The Morgan fingerprint density at radius 3 is 2.66 bits per heavy atom. The molecule has 2 aromatic heterocycles. The number of carbonyl (C=O) groups is 1. The Labute approximate surface area is 175 Å². The second-order valence-electron chi connectivity index (χ2n) is 6.36. The van der Waals surface area contributed by atoms with E-state index in [2.05, 4.69) is 31.3 Å². The van der Waals surface area contributed by atoms with E-state index in [1.54, 1.807) is 29.9 Å². The number of carbonyl (C=O) groups excluding carboxylic acids is 1. The fraction of sp³-hybridized carbons (Fsp3) is 0.211. The molecule has 1 aromatic carbocycles. The molecule has 9 nitrogen and oxygen atoms in total. The first-order valence-corrected chi connectivity index (χ1v) is 9.45. The molecule has 0 bridgehead atoms. The molecule has 150 valence electrons. The first kappa shape index (κ1) is 20.5. The minimum absolute atomic E-state index is 0.205. The molecular weight excluding hydrogens is 442 g/mol. The normalized spacial score (nSPS) is 11.7. The van der Waals surface area contributed by atoms with Crippen LogP contribution in [0.15, 0.2) is 47.2 Å². The molecule has 0 spiro atoms. The van der Waals surface area contributed by atoms with Gasteiger partial charge in [-0.25, -0.2) is 0 Å². The molecule has 1 unspecified atom stereocenters. The van der Waals surface area contributed by atoms with Crippen LogP contribution in [0.4, 0.5) is 11.4 Å². The highest BCUT2D eigenvalue weighted by atomic mass is 79.9. The number of nitrogens with zero attached hydrogens (tertiary/aromatic N) is 4. The lowest BCUT2D eigenvalue weighted by Gasteiger charge is -2.15. The first-order chi connectivity index (χ1) is 13.8. The lowest BCUT2D eigenvalue weighted by Crippen LogP contribution is -2.25. The monoisotopic (exact) mass is 459 g/mol. The highest BCUT2D eigenvalue weighted by Crippen LogP contribution is 2.30. The summed E-state index contributed by atoms with van der Waals surface area (Å²) in [5.41, 5.74) is 1.62. The van der Waals surface area contributed by atoms with Gasteiger partial charge in [0.2, 0.25) is 5.91 Å². The van der Waals surface area contributed by atoms with Gasteiger partial charge in [-0.2, -0.15) is 5.10 Å². The van der Waals surface area contributed by atoms with Crippen LogP contribution in [-0.2, 0) is 4.79 Å². The van der Waals surface area contributed by atoms with Crippen molar-refractivity contribution >= 4 is 33.2 Å². The number of nitro benzene ring substituents is 1. The number of halogens is 1. The van der Waals surface area contributed by atoms with Gasteiger partial charge in [-0.15, -0.1) is 0 Å². The summed E-state index contributed by atoms with van der Waals surface area (Å²) in [4.78, 5) is 27.4. The molecule has 3 rings (SSSR count). The maximum absolute atomic E-state index is 12.7. The quantitative estimate of drug-likeness (QED) is 0.427. The Kier molecular flexibility index (Phi) is 5.92. The van der Waals surface area contributed by atoms with Crippen LogP contribution in [0.3, 0.4) is 0 Å². The predicted octanol–water partition coefficient (Wildman–Crippen LogP) is 4.56. The molecule has 1 amide bonds. The summed E-state index contributed by atoms with van der Waals surface area (Å²) in [7, 11) is 0. The number of rotatable bonds is 6. The lowest BCUT2D eigenvalue weighted by molar-refractivity contribution is -0.384. The van der Waals surface area contributed by atoms with Gasteiger partial charge in [0.15, 0.2) is 0 Å². The van der Waals surface area contributed by atoms with Gasteiger partial charge in [0.1, 0.15) is 17.5 Å².